The van der Waals surface area contributed by atoms with Gasteiger partial charge in [0.1, 0.15) is 5.82 Å². The highest BCUT2D eigenvalue weighted by Gasteiger charge is 2.19. The number of H-pyrrole nitrogens is 1. The Labute approximate surface area is 123 Å². The minimum atomic E-state index is -3.56. The van der Waals surface area contributed by atoms with E-state index in [1.807, 2.05) is 0 Å². The molecule has 0 amide bonds. The fourth-order valence-corrected chi connectivity index (χ4v) is 3.24. The molecule has 1 aromatic heterocycles. The maximum absolute atomic E-state index is 12.2. The van der Waals surface area contributed by atoms with Crippen LogP contribution in [0.15, 0.2) is 41.6 Å². The van der Waals surface area contributed by atoms with Crippen molar-refractivity contribution >= 4 is 21.6 Å². The van der Waals surface area contributed by atoms with Crippen molar-refractivity contribution in [2.75, 3.05) is 5.88 Å². The van der Waals surface area contributed by atoms with Crippen LogP contribution in [0.3, 0.4) is 0 Å². The molecule has 2 rings (SSSR count). The van der Waals surface area contributed by atoms with Gasteiger partial charge in [0.05, 0.1) is 10.9 Å². The number of halogens is 1. The largest absolute Gasteiger partial charge is 0.347 e. The number of hydrogen-bond donors (Lipinski definition) is 2. The molecule has 7 heteroatoms. The van der Waals surface area contributed by atoms with Gasteiger partial charge < -0.3 is 4.98 Å². The molecule has 0 aliphatic rings. The number of benzene rings is 1. The molecule has 0 aliphatic carbocycles. The van der Waals surface area contributed by atoms with E-state index >= 15 is 0 Å². The van der Waals surface area contributed by atoms with Crippen LogP contribution in [0.25, 0.3) is 0 Å². The monoisotopic (exact) mass is 313 g/mol. The molecule has 2 N–H and O–H groups in total. The van der Waals surface area contributed by atoms with E-state index < -0.39 is 16.1 Å². The van der Waals surface area contributed by atoms with Crippen LogP contribution in [0, 0.1) is 0 Å². The number of sulfonamides is 1. The quantitative estimate of drug-likeness (QED) is 0.803. The second-order valence-electron chi connectivity index (χ2n) is 4.40. The molecule has 1 heterocycles. The summed E-state index contributed by atoms with van der Waals surface area (Å²) in [6.07, 6.45) is 3.96. The standard InChI is InChI=1S/C13H16ClN3O2S/c1-10(13-15-8-9-16-13)17-20(18,19)12-4-2-11(3-5-12)6-7-14/h2-5,8-10,17H,6-7H2,1H3,(H,15,16). The smallest absolute Gasteiger partial charge is 0.241 e. The average Bonchev–Trinajstić information content (AvgIpc) is 2.93. The molecule has 108 valence electrons. The summed E-state index contributed by atoms with van der Waals surface area (Å²) in [6.45, 7) is 1.73. The molecule has 20 heavy (non-hydrogen) atoms. The number of aromatic nitrogens is 2. The molecule has 0 bridgehead atoms. The van der Waals surface area contributed by atoms with Gasteiger partial charge in [0.15, 0.2) is 0 Å². The first-order chi connectivity index (χ1) is 9.53. The Hall–Kier alpha value is -1.37. The van der Waals surface area contributed by atoms with E-state index in [-0.39, 0.29) is 4.90 Å². The van der Waals surface area contributed by atoms with Gasteiger partial charge in [0.2, 0.25) is 10.0 Å². The van der Waals surface area contributed by atoms with E-state index in [2.05, 4.69) is 14.7 Å². The highest BCUT2D eigenvalue weighted by atomic mass is 35.5. The minimum absolute atomic E-state index is 0.231. The van der Waals surface area contributed by atoms with Gasteiger partial charge in [-0.25, -0.2) is 18.1 Å². The maximum Gasteiger partial charge on any atom is 0.241 e. The summed E-state index contributed by atoms with van der Waals surface area (Å²) in [5.41, 5.74) is 1.01. The lowest BCUT2D eigenvalue weighted by Gasteiger charge is -2.12. The first-order valence-electron chi connectivity index (χ1n) is 6.19. The Morgan fingerprint density at radius 2 is 2.05 bits per heavy atom. The topological polar surface area (TPSA) is 74.8 Å². The van der Waals surface area contributed by atoms with Gasteiger partial charge in [-0.3, -0.25) is 0 Å². The van der Waals surface area contributed by atoms with Crippen molar-refractivity contribution in [1.29, 1.82) is 0 Å². The summed E-state index contributed by atoms with van der Waals surface area (Å²) in [5.74, 6) is 1.09. The highest BCUT2D eigenvalue weighted by Crippen LogP contribution is 2.15. The molecule has 1 aromatic carbocycles. The van der Waals surface area contributed by atoms with E-state index in [9.17, 15) is 8.42 Å². The zero-order valence-electron chi connectivity index (χ0n) is 11.0. The summed E-state index contributed by atoms with van der Waals surface area (Å²) in [5, 5.41) is 0. The Kier molecular flexibility index (Phi) is 4.80. The maximum atomic E-state index is 12.2. The van der Waals surface area contributed by atoms with Gasteiger partial charge in [0, 0.05) is 18.3 Å². The summed E-state index contributed by atoms with van der Waals surface area (Å²) < 4.78 is 27.0. The molecular formula is C13H16ClN3O2S. The Morgan fingerprint density at radius 3 is 2.60 bits per heavy atom. The van der Waals surface area contributed by atoms with Gasteiger partial charge in [-0.05, 0) is 31.0 Å². The molecular weight excluding hydrogens is 298 g/mol. The number of hydrogen-bond acceptors (Lipinski definition) is 3. The third-order valence-electron chi connectivity index (χ3n) is 2.88. The average molecular weight is 314 g/mol. The molecule has 0 fully saturated rings. The van der Waals surface area contributed by atoms with Gasteiger partial charge in [-0.2, -0.15) is 0 Å². The lowest BCUT2D eigenvalue weighted by atomic mass is 10.2. The van der Waals surface area contributed by atoms with Crippen LogP contribution in [-0.4, -0.2) is 24.3 Å². The summed E-state index contributed by atoms with van der Waals surface area (Å²) >= 11 is 5.65. The number of alkyl halides is 1. The van der Waals surface area contributed by atoms with Gasteiger partial charge in [-0.1, -0.05) is 12.1 Å². The van der Waals surface area contributed by atoms with Crippen molar-refractivity contribution in [2.24, 2.45) is 0 Å². The number of rotatable bonds is 6. The van der Waals surface area contributed by atoms with Crippen LogP contribution in [0.2, 0.25) is 0 Å². The first kappa shape index (κ1) is 15.0. The fourth-order valence-electron chi connectivity index (χ4n) is 1.82. The van der Waals surface area contributed by atoms with Crippen LogP contribution in [0.4, 0.5) is 0 Å². The van der Waals surface area contributed by atoms with E-state index in [4.69, 9.17) is 11.6 Å². The first-order valence-corrected chi connectivity index (χ1v) is 8.21. The van der Waals surface area contributed by atoms with Crippen LogP contribution >= 0.6 is 11.6 Å². The fraction of sp³-hybridized carbons (Fsp3) is 0.308. The molecule has 1 unspecified atom stereocenters. The zero-order chi connectivity index (χ0) is 14.6. The normalized spacial score (nSPS) is 13.3. The van der Waals surface area contributed by atoms with Crippen LogP contribution in [0.5, 0.6) is 0 Å². The summed E-state index contributed by atoms with van der Waals surface area (Å²) in [7, 11) is -3.56. The van der Waals surface area contributed by atoms with E-state index in [0.717, 1.165) is 12.0 Å². The lowest BCUT2D eigenvalue weighted by Crippen LogP contribution is -2.27. The predicted molar refractivity (Wildman–Crippen MR) is 78.2 cm³/mol. The third-order valence-corrected chi connectivity index (χ3v) is 4.62. The molecule has 0 saturated heterocycles. The molecule has 0 radical (unpaired) electrons. The Morgan fingerprint density at radius 1 is 1.35 bits per heavy atom. The molecule has 0 spiro atoms. The van der Waals surface area contributed by atoms with Crippen molar-refractivity contribution in [3.63, 3.8) is 0 Å². The predicted octanol–water partition coefficient (Wildman–Crippen LogP) is 2.23. The molecule has 0 saturated carbocycles. The summed E-state index contributed by atoms with van der Waals surface area (Å²) in [4.78, 5) is 7.15. The third kappa shape index (κ3) is 3.59. The van der Waals surface area contributed by atoms with Crippen molar-refractivity contribution < 1.29 is 8.42 Å². The molecule has 2 aromatic rings. The summed E-state index contributed by atoms with van der Waals surface area (Å²) in [6, 6.07) is 6.29. The van der Waals surface area contributed by atoms with Crippen LogP contribution in [0.1, 0.15) is 24.4 Å². The second-order valence-corrected chi connectivity index (χ2v) is 6.49. The lowest BCUT2D eigenvalue weighted by molar-refractivity contribution is 0.561. The zero-order valence-corrected chi connectivity index (χ0v) is 12.6. The number of nitrogens with zero attached hydrogens (tertiary/aromatic N) is 1. The van der Waals surface area contributed by atoms with Crippen molar-refractivity contribution in [3.05, 3.63) is 48.0 Å². The van der Waals surface area contributed by atoms with E-state index in [1.165, 1.54) is 0 Å². The Bertz CT molecular complexity index is 639. The van der Waals surface area contributed by atoms with E-state index in [0.29, 0.717) is 11.7 Å². The van der Waals surface area contributed by atoms with Gasteiger partial charge in [0.25, 0.3) is 0 Å². The second kappa shape index (κ2) is 6.39. The van der Waals surface area contributed by atoms with Gasteiger partial charge >= 0.3 is 0 Å². The molecule has 5 nitrogen and oxygen atoms in total. The van der Waals surface area contributed by atoms with Crippen LogP contribution in [-0.2, 0) is 16.4 Å². The van der Waals surface area contributed by atoms with Crippen molar-refractivity contribution in [3.8, 4) is 0 Å². The minimum Gasteiger partial charge on any atom is -0.347 e. The number of nitrogens with one attached hydrogen (secondary N) is 2. The van der Waals surface area contributed by atoms with E-state index in [1.54, 1.807) is 43.6 Å². The van der Waals surface area contributed by atoms with Crippen molar-refractivity contribution in [2.45, 2.75) is 24.3 Å². The van der Waals surface area contributed by atoms with Gasteiger partial charge in [-0.15, -0.1) is 11.6 Å². The highest BCUT2D eigenvalue weighted by molar-refractivity contribution is 7.89. The number of aromatic amines is 1. The SMILES string of the molecule is CC(NS(=O)(=O)c1ccc(CCCl)cc1)c1ncc[nH]1. The number of aryl methyl sites for hydroxylation is 1. The number of imidazole rings is 1. The Balaban J connectivity index is 2.13. The molecule has 0 aliphatic heterocycles. The van der Waals surface area contributed by atoms with Crippen LogP contribution < -0.4 is 4.72 Å². The van der Waals surface area contributed by atoms with Crippen molar-refractivity contribution in [1.82, 2.24) is 14.7 Å². The molecule has 1 atom stereocenters.